The van der Waals surface area contributed by atoms with E-state index in [1.165, 1.54) is 6.07 Å². The van der Waals surface area contributed by atoms with E-state index in [2.05, 4.69) is 24.2 Å². The first-order valence-electron chi connectivity index (χ1n) is 6.67. The Morgan fingerprint density at radius 2 is 2.25 bits per heavy atom. The maximum atomic E-state index is 13.9. The molecule has 0 spiro atoms. The van der Waals surface area contributed by atoms with E-state index in [4.69, 9.17) is 10.8 Å². The van der Waals surface area contributed by atoms with Crippen molar-refractivity contribution in [3.8, 4) is 0 Å². The molecule has 1 heterocycles. The summed E-state index contributed by atoms with van der Waals surface area (Å²) in [6, 6.07) is 2.89. The lowest BCUT2D eigenvalue weighted by molar-refractivity contribution is 0.0698. The molecule has 2 rings (SSSR count). The third-order valence-corrected chi connectivity index (χ3v) is 3.94. The number of nitrogens with one attached hydrogen (secondary N) is 1. The third-order valence-electron chi connectivity index (χ3n) is 3.94. The van der Waals surface area contributed by atoms with E-state index in [9.17, 15) is 9.18 Å². The summed E-state index contributed by atoms with van der Waals surface area (Å²) in [5.41, 5.74) is 5.58. The van der Waals surface area contributed by atoms with Crippen LogP contribution in [0.5, 0.6) is 0 Å². The normalized spacial score (nSPS) is 23.6. The van der Waals surface area contributed by atoms with Crippen molar-refractivity contribution >= 4 is 17.3 Å². The van der Waals surface area contributed by atoms with Crippen molar-refractivity contribution in [2.75, 3.05) is 24.6 Å². The lowest BCUT2D eigenvalue weighted by Crippen LogP contribution is -2.42. The van der Waals surface area contributed by atoms with Gasteiger partial charge in [0.1, 0.15) is 5.82 Å². The molecule has 1 aromatic rings. The monoisotopic (exact) mass is 281 g/mol. The van der Waals surface area contributed by atoms with Crippen molar-refractivity contribution in [2.24, 2.45) is 0 Å². The quantitative estimate of drug-likeness (QED) is 0.739. The largest absolute Gasteiger partial charge is 0.478 e. The highest BCUT2D eigenvalue weighted by Gasteiger charge is 2.24. The standard InChI is InChI=1S/C14H20FN3O2/c1-8-5-9(3-4-18(8)2)17-13-6-10(14(19)20)12(16)7-11(13)15/h6-9,17H,3-5,16H2,1-2H3,(H,19,20). The molecule has 0 amide bonds. The van der Waals surface area contributed by atoms with Crippen molar-refractivity contribution in [1.29, 1.82) is 0 Å². The van der Waals surface area contributed by atoms with Gasteiger partial charge in [-0.2, -0.15) is 0 Å². The Hall–Kier alpha value is -1.82. The number of rotatable bonds is 3. The molecule has 1 aliphatic heterocycles. The van der Waals surface area contributed by atoms with Crippen molar-refractivity contribution < 1.29 is 14.3 Å². The maximum Gasteiger partial charge on any atom is 0.337 e. The molecule has 0 bridgehead atoms. The SMILES string of the molecule is CC1CC(Nc2cc(C(=O)O)c(N)cc2F)CCN1C. The van der Waals surface area contributed by atoms with Crippen LogP contribution in [-0.2, 0) is 0 Å². The number of benzene rings is 1. The van der Waals surface area contributed by atoms with Crippen LogP contribution in [-0.4, -0.2) is 41.7 Å². The third kappa shape index (κ3) is 3.01. The molecule has 0 aliphatic carbocycles. The second-order valence-corrected chi connectivity index (χ2v) is 5.42. The Kier molecular flexibility index (Phi) is 4.13. The predicted molar refractivity (Wildman–Crippen MR) is 76.5 cm³/mol. The molecule has 20 heavy (non-hydrogen) atoms. The van der Waals surface area contributed by atoms with Gasteiger partial charge in [0.15, 0.2) is 0 Å². The number of carboxylic acid groups (broad SMARTS) is 1. The number of halogens is 1. The smallest absolute Gasteiger partial charge is 0.337 e. The van der Waals surface area contributed by atoms with Crippen molar-refractivity contribution in [3.05, 3.63) is 23.5 Å². The highest BCUT2D eigenvalue weighted by Crippen LogP contribution is 2.25. The number of hydrogen-bond donors (Lipinski definition) is 3. The molecule has 0 radical (unpaired) electrons. The van der Waals surface area contributed by atoms with Gasteiger partial charge < -0.3 is 21.1 Å². The van der Waals surface area contributed by atoms with E-state index in [1.807, 2.05) is 0 Å². The molecule has 2 unspecified atom stereocenters. The van der Waals surface area contributed by atoms with Gasteiger partial charge >= 0.3 is 5.97 Å². The average Bonchev–Trinajstić information content (AvgIpc) is 2.36. The average molecular weight is 281 g/mol. The first-order chi connectivity index (χ1) is 9.38. The fourth-order valence-electron chi connectivity index (χ4n) is 2.52. The van der Waals surface area contributed by atoms with Gasteiger partial charge in [-0.3, -0.25) is 0 Å². The molecule has 110 valence electrons. The molecular weight excluding hydrogens is 261 g/mol. The zero-order valence-electron chi connectivity index (χ0n) is 11.7. The molecule has 1 aliphatic rings. The Balaban J connectivity index is 2.17. The molecule has 5 nitrogen and oxygen atoms in total. The zero-order chi connectivity index (χ0) is 14.9. The Morgan fingerprint density at radius 3 is 2.85 bits per heavy atom. The Bertz CT molecular complexity index is 521. The summed E-state index contributed by atoms with van der Waals surface area (Å²) >= 11 is 0. The van der Waals surface area contributed by atoms with Crippen LogP contribution in [0.25, 0.3) is 0 Å². The van der Waals surface area contributed by atoms with Gasteiger partial charge in [0.25, 0.3) is 0 Å². The van der Waals surface area contributed by atoms with Crippen molar-refractivity contribution in [3.63, 3.8) is 0 Å². The first kappa shape index (κ1) is 14.6. The number of carbonyl (C=O) groups is 1. The van der Waals surface area contributed by atoms with Crippen LogP contribution < -0.4 is 11.1 Å². The lowest BCUT2D eigenvalue weighted by atomic mass is 9.98. The number of anilines is 2. The molecule has 1 fully saturated rings. The molecule has 1 aromatic carbocycles. The molecule has 2 atom stereocenters. The van der Waals surface area contributed by atoms with Crippen LogP contribution in [0.2, 0.25) is 0 Å². The van der Waals surface area contributed by atoms with Gasteiger partial charge in [-0.1, -0.05) is 0 Å². The number of hydrogen-bond acceptors (Lipinski definition) is 4. The minimum absolute atomic E-state index is 0.0581. The van der Waals surface area contributed by atoms with Crippen LogP contribution in [0.4, 0.5) is 15.8 Å². The van der Waals surface area contributed by atoms with E-state index < -0.39 is 11.8 Å². The summed E-state index contributed by atoms with van der Waals surface area (Å²) in [5, 5.41) is 12.1. The van der Waals surface area contributed by atoms with Crippen LogP contribution in [0.15, 0.2) is 12.1 Å². The van der Waals surface area contributed by atoms with E-state index in [-0.39, 0.29) is 23.0 Å². The molecular formula is C14H20FN3O2. The van der Waals surface area contributed by atoms with Crippen LogP contribution in [0.1, 0.15) is 30.1 Å². The molecule has 0 saturated carbocycles. The summed E-state index contributed by atoms with van der Waals surface area (Å²) in [4.78, 5) is 13.3. The van der Waals surface area contributed by atoms with E-state index in [1.54, 1.807) is 0 Å². The minimum atomic E-state index is -1.15. The Labute approximate surface area is 117 Å². The molecule has 1 saturated heterocycles. The number of carboxylic acids is 1. The minimum Gasteiger partial charge on any atom is -0.478 e. The fourth-order valence-corrected chi connectivity index (χ4v) is 2.52. The van der Waals surface area contributed by atoms with E-state index in [0.717, 1.165) is 25.5 Å². The topological polar surface area (TPSA) is 78.6 Å². The number of nitrogen functional groups attached to an aromatic ring is 1. The highest BCUT2D eigenvalue weighted by molar-refractivity contribution is 5.94. The van der Waals surface area contributed by atoms with Gasteiger partial charge in [0, 0.05) is 24.3 Å². The van der Waals surface area contributed by atoms with Crippen molar-refractivity contribution in [1.82, 2.24) is 4.90 Å². The summed E-state index contributed by atoms with van der Waals surface area (Å²) < 4.78 is 13.9. The number of piperidine rings is 1. The molecule has 4 N–H and O–H groups in total. The summed E-state index contributed by atoms with van der Waals surface area (Å²) in [7, 11) is 2.06. The van der Waals surface area contributed by atoms with Gasteiger partial charge in [0.05, 0.1) is 11.3 Å². The zero-order valence-corrected chi connectivity index (χ0v) is 11.7. The molecule has 0 aromatic heterocycles. The van der Waals surface area contributed by atoms with Crippen LogP contribution in [0, 0.1) is 5.82 Å². The number of nitrogens with zero attached hydrogens (tertiary/aromatic N) is 1. The first-order valence-corrected chi connectivity index (χ1v) is 6.67. The number of aromatic carboxylic acids is 1. The van der Waals surface area contributed by atoms with Gasteiger partial charge in [-0.15, -0.1) is 0 Å². The highest BCUT2D eigenvalue weighted by atomic mass is 19.1. The summed E-state index contributed by atoms with van der Waals surface area (Å²) in [5.74, 6) is -1.67. The maximum absolute atomic E-state index is 13.9. The summed E-state index contributed by atoms with van der Waals surface area (Å²) in [6.07, 6.45) is 1.79. The van der Waals surface area contributed by atoms with Crippen LogP contribution >= 0.6 is 0 Å². The van der Waals surface area contributed by atoms with Gasteiger partial charge in [0.2, 0.25) is 0 Å². The molecule has 6 heteroatoms. The summed E-state index contributed by atoms with van der Waals surface area (Å²) in [6.45, 7) is 3.05. The number of nitrogens with two attached hydrogens (primary N) is 1. The fraction of sp³-hybridized carbons (Fsp3) is 0.500. The van der Waals surface area contributed by atoms with E-state index in [0.29, 0.717) is 6.04 Å². The van der Waals surface area contributed by atoms with E-state index >= 15 is 0 Å². The second kappa shape index (κ2) is 5.66. The number of likely N-dealkylation sites (tertiary alicyclic amines) is 1. The Morgan fingerprint density at radius 1 is 1.55 bits per heavy atom. The van der Waals surface area contributed by atoms with Gasteiger partial charge in [-0.25, -0.2) is 9.18 Å². The second-order valence-electron chi connectivity index (χ2n) is 5.42. The predicted octanol–water partition coefficient (Wildman–Crippen LogP) is 2.00. The van der Waals surface area contributed by atoms with Crippen molar-refractivity contribution in [2.45, 2.75) is 31.8 Å². The van der Waals surface area contributed by atoms with Gasteiger partial charge in [-0.05, 0) is 38.9 Å². The van der Waals surface area contributed by atoms with Crippen LogP contribution in [0.3, 0.4) is 0 Å². The lowest BCUT2D eigenvalue weighted by Gasteiger charge is -2.35.